The lowest BCUT2D eigenvalue weighted by molar-refractivity contribution is -0.148. The van der Waals surface area contributed by atoms with Crippen LogP contribution in [0.1, 0.15) is 51.7 Å². The number of nitrogens with one attached hydrogen (secondary N) is 2. The normalized spacial score (nSPS) is 31.4. The molecule has 3 N–H and O–H groups in total. The van der Waals surface area contributed by atoms with Gasteiger partial charge in [-0.2, -0.15) is 0 Å². The first kappa shape index (κ1) is 28.3. The van der Waals surface area contributed by atoms with Crippen LogP contribution in [-0.2, 0) is 19.1 Å². The fourth-order valence-corrected chi connectivity index (χ4v) is 7.40. The maximum absolute atomic E-state index is 14.4. The summed E-state index contributed by atoms with van der Waals surface area (Å²) in [6.45, 7) is 11.6. The first-order chi connectivity index (χ1) is 18.9. The number of benzene rings is 2. The number of nitrogens with zero attached hydrogens (tertiary/aromatic N) is 1. The second-order valence-corrected chi connectivity index (χ2v) is 12.6. The molecular formula is C32H41N3O5. The highest BCUT2D eigenvalue weighted by molar-refractivity contribution is 6.05. The van der Waals surface area contributed by atoms with Gasteiger partial charge < -0.3 is 25.4 Å². The van der Waals surface area contributed by atoms with E-state index >= 15 is 0 Å². The molecule has 3 aliphatic rings. The van der Waals surface area contributed by atoms with Gasteiger partial charge in [-0.3, -0.25) is 14.4 Å². The third kappa shape index (κ3) is 4.41. The third-order valence-electron chi connectivity index (χ3n) is 9.32. The molecule has 3 amide bonds. The molecule has 3 unspecified atom stereocenters. The lowest BCUT2D eigenvalue weighted by atomic mass is 9.62. The quantitative estimate of drug-likeness (QED) is 0.457. The molecule has 2 aromatic carbocycles. The number of rotatable bonds is 8. The van der Waals surface area contributed by atoms with Crippen LogP contribution in [0.25, 0.3) is 0 Å². The van der Waals surface area contributed by atoms with Crippen molar-refractivity contribution in [1.82, 2.24) is 4.90 Å². The second-order valence-electron chi connectivity index (χ2n) is 12.6. The van der Waals surface area contributed by atoms with Crippen molar-refractivity contribution in [3.05, 3.63) is 59.7 Å². The monoisotopic (exact) mass is 547 g/mol. The summed E-state index contributed by atoms with van der Waals surface area (Å²) in [7, 11) is 0. The van der Waals surface area contributed by atoms with Gasteiger partial charge in [0.15, 0.2) is 0 Å². The lowest BCUT2D eigenvalue weighted by Gasteiger charge is -2.37. The molecule has 40 heavy (non-hydrogen) atoms. The van der Waals surface area contributed by atoms with Gasteiger partial charge in [-0.15, -0.1) is 0 Å². The van der Waals surface area contributed by atoms with E-state index in [2.05, 4.69) is 10.6 Å². The highest BCUT2D eigenvalue weighted by atomic mass is 16.5. The largest absolute Gasteiger partial charge is 0.394 e. The average molecular weight is 548 g/mol. The summed E-state index contributed by atoms with van der Waals surface area (Å²) >= 11 is 0. The van der Waals surface area contributed by atoms with E-state index in [9.17, 15) is 19.5 Å². The molecule has 0 aliphatic carbocycles. The van der Waals surface area contributed by atoms with E-state index in [1.54, 1.807) is 17.0 Å². The number of fused-ring (bicyclic) bond motifs is 1. The van der Waals surface area contributed by atoms with Gasteiger partial charge >= 0.3 is 0 Å². The van der Waals surface area contributed by atoms with Crippen molar-refractivity contribution in [3.8, 4) is 0 Å². The summed E-state index contributed by atoms with van der Waals surface area (Å²) in [5.41, 5.74) is 1.11. The van der Waals surface area contributed by atoms with Crippen molar-refractivity contribution in [2.45, 2.75) is 77.7 Å². The van der Waals surface area contributed by atoms with Gasteiger partial charge in [-0.25, -0.2) is 0 Å². The van der Waals surface area contributed by atoms with Gasteiger partial charge in [0.25, 0.3) is 0 Å². The highest BCUT2D eigenvalue weighted by Gasteiger charge is 2.80. The Morgan fingerprint density at radius 2 is 1.80 bits per heavy atom. The number of aliphatic hydroxyl groups is 1. The molecular weight excluding hydrogens is 506 g/mol. The molecule has 8 heteroatoms. The van der Waals surface area contributed by atoms with Crippen molar-refractivity contribution in [3.63, 3.8) is 0 Å². The summed E-state index contributed by atoms with van der Waals surface area (Å²) in [4.78, 5) is 44.2. The summed E-state index contributed by atoms with van der Waals surface area (Å²) < 4.78 is 6.82. The van der Waals surface area contributed by atoms with Crippen LogP contribution in [0.15, 0.2) is 48.5 Å². The number of aryl methyl sites for hydroxylation is 2. The van der Waals surface area contributed by atoms with E-state index in [-0.39, 0.29) is 36.2 Å². The summed E-state index contributed by atoms with van der Waals surface area (Å²) in [5.74, 6) is -2.47. The number of carbonyl (C=O) groups excluding carboxylic acids is 3. The molecule has 5 rings (SSSR count). The van der Waals surface area contributed by atoms with Crippen molar-refractivity contribution < 1.29 is 24.2 Å². The molecule has 0 radical (unpaired) electrons. The molecule has 7 atom stereocenters. The Morgan fingerprint density at radius 3 is 2.45 bits per heavy atom. The standard InChI is InChI=1S/C32H41N3O5/c1-18(2)14-23(17-36)35-27(29(38)34-24-15-19(3)12-13-20(24)4)32-16-21(5)31(6,40-32)25(26(32)30(35)39)28(37)33-22-10-8-7-9-11-22/h7-13,15,18,21,23,25-27,36H,14,16-17H2,1-6H3,(H,33,37)(H,34,38)/t21?,23-,25+,26+,27?,31-,32?/m1/s1. The number of ether oxygens (including phenoxy) is 1. The number of anilines is 2. The Bertz CT molecular complexity index is 1310. The SMILES string of the molecule is Cc1ccc(C)c(NC(=O)C2N([C@@H](CO)CC(C)C)C(=O)[C@@H]3[C@@H](C(=O)Nc4ccccc4)[C@]4(C)OC23CC4C)c1. The van der Waals surface area contributed by atoms with Gasteiger partial charge in [-0.05, 0) is 74.8 Å². The lowest BCUT2D eigenvalue weighted by Crippen LogP contribution is -2.56. The number of likely N-dealkylation sites (tertiary alicyclic amines) is 1. The zero-order chi connectivity index (χ0) is 29.0. The van der Waals surface area contributed by atoms with Crippen LogP contribution in [-0.4, -0.2) is 57.6 Å². The molecule has 0 aromatic heterocycles. The smallest absolute Gasteiger partial charge is 0.250 e. The van der Waals surface area contributed by atoms with Crippen LogP contribution >= 0.6 is 0 Å². The molecule has 214 valence electrons. The third-order valence-corrected chi connectivity index (χ3v) is 9.32. The zero-order valence-electron chi connectivity index (χ0n) is 24.2. The Balaban J connectivity index is 1.59. The maximum Gasteiger partial charge on any atom is 0.250 e. The highest BCUT2D eigenvalue weighted by Crippen LogP contribution is 2.65. The van der Waals surface area contributed by atoms with Gasteiger partial charge in [0.1, 0.15) is 11.6 Å². The number of aliphatic hydroxyl groups excluding tert-OH is 1. The van der Waals surface area contributed by atoms with Gasteiger partial charge in [0, 0.05) is 11.4 Å². The van der Waals surface area contributed by atoms with E-state index in [0.717, 1.165) is 11.1 Å². The zero-order valence-corrected chi connectivity index (χ0v) is 24.2. The predicted molar refractivity (Wildman–Crippen MR) is 154 cm³/mol. The summed E-state index contributed by atoms with van der Waals surface area (Å²) in [5, 5.41) is 16.6. The van der Waals surface area contributed by atoms with E-state index in [1.807, 2.05) is 77.9 Å². The number of carbonyl (C=O) groups is 3. The molecule has 3 fully saturated rings. The van der Waals surface area contributed by atoms with Crippen molar-refractivity contribution in [1.29, 1.82) is 0 Å². The van der Waals surface area contributed by atoms with Gasteiger partial charge in [-0.1, -0.05) is 51.1 Å². The first-order valence-electron chi connectivity index (χ1n) is 14.3. The Kier molecular flexibility index (Phi) is 7.29. The predicted octanol–water partition coefficient (Wildman–Crippen LogP) is 4.30. The molecule has 3 aliphatic heterocycles. The maximum atomic E-state index is 14.4. The summed E-state index contributed by atoms with van der Waals surface area (Å²) in [6.07, 6.45) is 0.988. The Hall–Kier alpha value is -3.23. The number of para-hydroxylation sites is 1. The topological polar surface area (TPSA) is 108 Å². The molecule has 3 heterocycles. The fourth-order valence-electron chi connectivity index (χ4n) is 7.40. The Morgan fingerprint density at radius 1 is 1.10 bits per heavy atom. The summed E-state index contributed by atoms with van der Waals surface area (Å²) in [6, 6.07) is 13.4. The minimum Gasteiger partial charge on any atom is -0.394 e. The number of hydrogen-bond donors (Lipinski definition) is 3. The first-order valence-corrected chi connectivity index (χ1v) is 14.3. The van der Waals surface area contributed by atoms with Crippen LogP contribution in [0.3, 0.4) is 0 Å². The molecule has 0 saturated carbocycles. The molecule has 2 bridgehead atoms. The van der Waals surface area contributed by atoms with E-state index in [0.29, 0.717) is 24.2 Å². The molecule has 3 saturated heterocycles. The van der Waals surface area contributed by atoms with Gasteiger partial charge in [0.05, 0.1) is 30.1 Å². The van der Waals surface area contributed by atoms with Crippen molar-refractivity contribution in [2.75, 3.05) is 17.2 Å². The van der Waals surface area contributed by atoms with Crippen LogP contribution < -0.4 is 10.6 Å². The molecule has 1 spiro atoms. The number of amides is 3. The minimum atomic E-state index is -1.18. The van der Waals surface area contributed by atoms with Crippen molar-refractivity contribution in [2.24, 2.45) is 23.7 Å². The second kappa shape index (κ2) is 10.3. The average Bonchev–Trinajstić information content (AvgIpc) is 3.41. The molecule has 2 aromatic rings. The van der Waals surface area contributed by atoms with E-state index < -0.39 is 35.1 Å². The van der Waals surface area contributed by atoms with Crippen molar-refractivity contribution >= 4 is 29.1 Å². The Labute approximate surface area is 236 Å². The van der Waals surface area contributed by atoms with Crippen LogP contribution in [0.5, 0.6) is 0 Å². The van der Waals surface area contributed by atoms with Crippen LogP contribution in [0.4, 0.5) is 11.4 Å². The van der Waals surface area contributed by atoms with E-state index in [4.69, 9.17) is 4.74 Å². The minimum absolute atomic E-state index is 0.0725. The molecule has 8 nitrogen and oxygen atoms in total. The van der Waals surface area contributed by atoms with Crippen LogP contribution in [0, 0.1) is 37.5 Å². The fraction of sp³-hybridized carbons (Fsp3) is 0.531. The van der Waals surface area contributed by atoms with Crippen LogP contribution in [0.2, 0.25) is 0 Å². The van der Waals surface area contributed by atoms with E-state index in [1.165, 1.54) is 0 Å². The number of hydrogen-bond acceptors (Lipinski definition) is 5. The van der Waals surface area contributed by atoms with Gasteiger partial charge in [0.2, 0.25) is 17.7 Å².